The number of thiol groups is 1. The zero-order chi connectivity index (χ0) is 22.9. The Kier molecular flexibility index (Phi) is 5.64. The Morgan fingerprint density at radius 2 is 1.76 bits per heavy atom. The number of nitrogens with zero attached hydrogens (tertiary/aromatic N) is 2. The molecule has 0 saturated heterocycles. The second-order valence-corrected chi connectivity index (χ2v) is 8.38. The smallest absolute Gasteiger partial charge is 0.230 e. The number of benzene rings is 3. The Morgan fingerprint density at radius 1 is 0.939 bits per heavy atom. The van der Waals surface area contributed by atoms with Gasteiger partial charge in [0.2, 0.25) is 5.91 Å². The Labute approximate surface area is 195 Å². The Morgan fingerprint density at radius 3 is 2.55 bits per heavy atom. The maximum absolute atomic E-state index is 13.7. The number of nitrogens with one attached hydrogen (secondary N) is 1. The fourth-order valence-corrected chi connectivity index (χ4v) is 4.27. The number of hydrogen-bond acceptors (Lipinski definition) is 4. The van der Waals surface area contributed by atoms with Crippen LogP contribution in [0.2, 0.25) is 0 Å². The minimum absolute atomic E-state index is 0.0446. The first-order valence-electron chi connectivity index (χ1n) is 10.5. The lowest BCUT2D eigenvalue weighted by atomic mass is 9.91. The number of anilines is 1. The van der Waals surface area contributed by atoms with Crippen LogP contribution in [0.25, 0.3) is 22.5 Å². The summed E-state index contributed by atoms with van der Waals surface area (Å²) in [6.07, 6.45) is 1.29. The number of carbonyl (C=O) groups excluding carboxylic acids is 1. The fraction of sp³-hybridized carbons (Fsp3) is 0.115. The molecule has 5 rings (SSSR count). The zero-order valence-corrected chi connectivity index (χ0v) is 18.4. The molecule has 1 aliphatic rings. The van der Waals surface area contributed by atoms with E-state index in [2.05, 4.69) is 17.9 Å². The van der Waals surface area contributed by atoms with Crippen molar-refractivity contribution in [1.82, 2.24) is 9.97 Å². The first kappa shape index (κ1) is 21.3. The van der Waals surface area contributed by atoms with E-state index in [1.54, 1.807) is 12.1 Å². The molecule has 0 aliphatic heterocycles. The average molecular weight is 460 g/mol. The quantitative estimate of drug-likeness (QED) is 0.388. The van der Waals surface area contributed by atoms with Crippen LogP contribution in [0.5, 0.6) is 0 Å². The van der Waals surface area contributed by atoms with Crippen LogP contribution in [-0.2, 0) is 24.1 Å². The highest BCUT2D eigenvalue weighted by Crippen LogP contribution is 2.36. The summed E-state index contributed by atoms with van der Waals surface area (Å²) in [5.41, 5.74) is 5.18. The van der Waals surface area contributed by atoms with Crippen LogP contribution in [0.4, 0.5) is 14.6 Å². The van der Waals surface area contributed by atoms with Gasteiger partial charge in [-0.25, -0.2) is 18.7 Å². The van der Waals surface area contributed by atoms with E-state index in [9.17, 15) is 13.6 Å². The molecule has 4 nitrogen and oxygen atoms in total. The molecule has 0 radical (unpaired) electrons. The highest BCUT2D eigenvalue weighted by molar-refractivity contribution is 7.80. The van der Waals surface area contributed by atoms with E-state index in [-0.39, 0.29) is 23.0 Å². The van der Waals surface area contributed by atoms with Crippen LogP contribution in [0.3, 0.4) is 0 Å². The van der Waals surface area contributed by atoms with Crippen LogP contribution in [0.1, 0.15) is 16.8 Å². The van der Waals surface area contributed by atoms with E-state index >= 15 is 0 Å². The van der Waals surface area contributed by atoms with Gasteiger partial charge in [-0.05, 0) is 54.3 Å². The summed E-state index contributed by atoms with van der Waals surface area (Å²) in [6, 6.07) is 18.5. The molecule has 7 heteroatoms. The van der Waals surface area contributed by atoms with Crippen molar-refractivity contribution in [2.45, 2.75) is 24.2 Å². The van der Waals surface area contributed by atoms with Crippen LogP contribution in [0, 0.1) is 11.6 Å². The van der Waals surface area contributed by atoms with Gasteiger partial charge in [-0.1, -0.05) is 36.4 Å². The van der Waals surface area contributed by atoms with E-state index in [1.165, 1.54) is 24.3 Å². The van der Waals surface area contributed by atoms with Gasteiger partial charge >= 0.3 is 0 Å². The molecule has 0 fully saturated rings. The maximum Gasteiger partial charge on any atom is 0.230 e. The zero-order valence-electron chi connectivity index (χ0n) is 17.5. The van der Waals surface area contributed by atoms with Crippen LogP contribution in [-0.4, -0.2) is 15.9 Å². The summed E-state index contributed by atoms with van der Waals surface area (Å²) in [6.45, 7) is 0. The van der Waals surface area contributed by atoms with Gasteiger partial charge in [-0.3, -0.25) is 4.79 Å². The topological polar surface area (TPSA) is 54.9 Å². The van der Waals surface area contributed by atoms with E-state index in [1.807, 2.05) is 30.3 Å². The molecule has 164 valence electrons. The summed E-state index contributed by atoms with van der Waals surface area (Å²) in [4.78, 5) is 22.7. The minimum atomic E-state index is -0.436. The molecule has 1 N–H and O–H groups in total. The number of rotatable bonds is 4. The number of amides is 1. The normalized spacial score (nSPS) is 12.1. The predicted octanol–water partition coefficient (Wildman–Crippen LogP) is 5.66. The van der Waals surface area contributed by atoms with Crippen molar-refractivity contribution >= 4 is 24.4 Å². The molecule has 0 bridgehead atoms. The first-order valence-corrected chi connectivity index (χ1v) is 10.9. The van der Waals surface area contributed by atoms with Gasteiger partial charge in [0.1, 0.15) is 17.3 Å². The SMILES string of the molecule is O=C(Cc1ccc(F)c(S)c1)Nc1nc2c(nc1-c1ccccc1)-c1ccc(F)cc1CC2. The molecule has 4 aromatic rings. The lowest BCUT2D eigenvalue weighted by molar-refractivity contribution is -0.115. The van der Waals surface area contributed by atoms with Crippen molar-refractivity contribution in [2.24, 2.45) is 0 Å². The van der Waals surface area contributed by atoms with Crippen molar-refractivity contribution in [3.05, 3.63) is 95.2 Å². The summed E-state index contributed by atoms with van der Waals surface area (Å²) in [7, 11) is 0. The second-order valence-electron chi connectivity index (χ2n) is 7.89. The number of aromatic nitrogens is 2. The lowest BCUT2D eigenvalue weighted by Gasteiger charge is -2.21. The standard InChI is InChI=1S/C26H19F2N3OS/c27-18-8-9-19-17(14-18)7-11-21-25(19)31-24(16-4-2-1-3-5-16)26(29-21)30-23(32)13-15-6-10-20(28)22(33)12-15/h1-6,8-10,12,14,33H,7,11,13H2,(H,29,30,32). The maximum atomic E-state index is 13.7. The third-order valence-corrected chi connectivity index (χ3v) is 5.94. The Bertz CT molecular complexity index is 1380. The highest BCUT2D eigenvalue weighted by atomic mass is 32.1. The lowest BCUT2D eigenvalue weighted by Crippen LogP contribution is -2.19. The molecule has 3 aromatic carbocycles. The molecule has 1 aliphatic carbocycles. The first-order chi connectivity index (χ1) is 16.0. The minimum Gasteiger partial charge on any atom is -0.309 e. The molecular formula is C26H19F2N3OS. The third kappa shape index (κ3) is 4.36. The molecule has 0 atom stereocenters. The van der Waals surface area contributed by atoms with Crippen molar-refractivity contribution in [3.8, 4) is 22.5 Å². The number of halogens is 2. The van der Waals surface area contributed by atoms with Crippen molar-refractivity contribution in [3.63, 3.8) is 0 Å². The van der Waals surface area contributed by atoms with Gasteiger partial charge in [0, 0.05) is 16.0 Å². The summed E-state index contributed by atoms with van der Waals surface area (Å²) < 4.78 is 27.2. The van der Waals surface area contributed by atoms with Crippen LogP contribution >= 0.6 is 12.6 Å². The molecule has 33 heavy (non-hydrogen) atoms. The molecule has 1 aromatic heterocycles. The monoisotopic (exact) mass is 459 g/mol. The summed E-state index contributed by atoms with van der Waals surface area (Å²) >= 11 is 4.08. The van der Waals surface area contributed by atoms with Crippen LogP contribution < -0.4 is 5.32 Å². The van der Waals surface area contributed by atoms with Crippen molar-refractivity contribution in [1.29, 1.82) is 0 Å². The Balaban J connectivity index is 1.53. The van der Waals surface area contributed by atoms with E-state index in [0.717, 1.165) is 22.4 Å². The molecular weight excluding hydrogens is 440 g/mol. The molecule has 0 unspecified atom stereocenters. The Hall–Kier alpha value is -3.58. The number of fused-ring (bicyclic) bond motifs is 3. The van der Waals surface area contributed by atoms with Gasteiger partial charge in [0.25, 0.3) is 0 Å². The predicted molar refractivity (Wildman–Crippen MR) is 126 cm³/mol. The second kappa shape index (κ2) is 8.75. The number of carbonyl (C=O) groups is 1. The van der Waals surface area contributed by atoms with Gasteiger partial charge in [-0.2, -0.15) is 0 Å². The van der Waals surface area contributed by atoms with E-state index < -0.39 is 5.82 Å². The number of hydrogen-bond donors (Lipinski definition) is 2. The van der Waals surface area contributed by atoms with Gasteiger partial charge in [-0.15, -0.1) is 12.6 Å². The molecule has 1 heterocycles. The van der Waals surface area contributed by atoms with E-state index in [4.69, 9.17) is 9.97 Å². The van der Waals surface area contributed by atoms with Crippen LogP contribution in [0.15, 0.2) is 71.6 Å². The van der Waals surface area contributed by atoms with Gasteiger partial charge in [0.15, 0.2) is 5.82 Å². The van der Waals surface area contributed by atoms with E-state index in [0.29, 0.717) is 35.6 Å². The van der Waals surface area contributed by atoms with Gasteiger partial charge < -0.3 is 5.32 Å². The molecule has 0 saturated carbocycles. The highest BCUT2D eigenvalue weighted by Gasteiger charge is 2.23. The average Bonchev–Trinajstić information content (AvgIpc) is 2.81. The fourth-order valence-electron chi connectivity index (χ4n) is 4.03. The summed E-state index contributed by atoms with van der Waals surface area (Å²) in [5.74, 6) is -0.639. The molecule has 0 spiro atoms. The van der Waals surface area contributed by atoms with Crippen molar-refractivity contribution in [2.75, 3.05) is 5.32 Å². The largest absolute Gasteiger partial charge is 0.309 e. The third-order valence-electron chi connectivity index (χ3n) is 5.60. The number of aryl methyl sites for hydroxylation is 2. The molecule has 1 amide bonds. The van der Waals surface area contributed by atoms with Gasteiger partial charge in [0.05, 0.1) is 17.8 Å². The van der Waals surface area contributed by atoms with Crippen molar-refractivity contribution < 1.29 is 13.6 Å². The summed E-state index contributed by atoms with van der Waals surface area (Å²) in [5, 5.41) is 2.88.